The maximum Gasteiger partial charge on any atom is 0.282 e. The standard InChI is InChI=1S/C31H30BrClN4O5/c1-40-26-14-19(15-27(41-2)29(26)42-18-28(38)35-23-11-9-22(33)10-12-23)17-34-37-30(20-6-4-3-5-7-20)36-25-13-8-21(32)16-24(25)31(37)39/h8-17,20H,3-7,18H2,1-2H3,(H,35,38). The number of nitrogens with one attached hydrogen (secondary N) is 1. The SMILES string of the molecule is COc1cc(C=Nn2c(C3CCCCC3)nc3ccc(Br)cc3c2=O)cc(OC)c1OCC(=O)Nc1ccc(Cl)cc1. The van der Waals surface area contributed by atoms with Crippen molar-refractivity contribution in [1.82, 2.24) is 9.66 Å². The van der Waals surface area contributed by atoms with Crippen molar-refractivity contribution in [3.05, 3.63) is 85.8 Å². The Hall–Kier alpha value is -3.89. The van der Waals surface area contributed by atoms with Gasteiger partial charge in [0.1, 0.15) is 5.82 Å². The first-order chi connectivity index (χ1) is 20.4. The van der Waals surface area contributed by atoms with Crippen molar-refractivity contribution in [3.63, 3.8) is 0 Å². The number of methoxy groups -OCH3 is 2. The van der Waals surface area contributed by atoms with Crippen LogP contribution >= 0.6 is 27.5 Å². The number of halogens is 2. The largest absolute Gasteiger partial charge is 0.493 e. The van der Waals surface area contributed by atoms with Gasteiger partial charge in [-0.15, -0.1) is 0 Å². The minimum absolute atomic E-state index is 0.149. The van der Waals surface area contributed by atoms with Gasteiger partial charge in [-0.3, -0.25) is 9.59 Å². The molecule has 0 spiro atoms. The summed E-state index contributed by atoms with van der Waals surface area (Å²) < 4.78 is 19.1. The van der Waals surface area contributed by atoms with Crippen LogP contribution in [-0.4, -0.2) is 42.6 Å². The number of carbonyl (C=O) groups excluding carboxylic acids is 1. The number of rotatable bonds is 9. The summed E-state index contributed by atoms with van der Waals surface area (Å²) in [6, 6.07) is 15.7. The monoisotopic (exact) mass is 652 g/mol. The number of benzene rings is 3. The molecular formula is C31H30BrClN4O5. The first-order valence-electron chi connectivity index (χ1n) is 13.6. The molecule has 1 amide bonds. The fourth-order valence-corrected chi connectivity index (χ4v) is 5.50. The molecule has 42 heavy (non-hydrogen) atoms. The van der Waals surface area contributed by atoms with Gasteiger partial charge in [0.25, 0.3) is 11.5 Å². The van der Waals surface area contributed by atoms with E-state index in [1.54, 1.807) is 48.7 Å². The molecule has 4 aromatic rings. The van der Waals surface area contributed by atoms with Crippen molar-refractivity contribution in [1.29, 1.82) is 0 Å². The van der Waals surface area contributed by atoms with Crippen molar-refractivity contribution in [2.45, 2.75) is 38.0 Å². The van der Waals surface area contributed by atoms with Crippen LogP contribution in [0.3, 0.4) is 0 Å². The lowest BCUT2D eigenvalue weighted by Gasteiger charge is -2.22. The van der Waals surface area contributed by atoms with E-state index in [-0.39, 0.29) is 29.7 Å². The molecule has 1 N–H and O–H groups in total. The molecule has 0 bridgehead atoms. The molecule has 1 aliphatic rings. The second kappa shape index (κ2) is 13.4. The lowest BCUT2D eigenvalue weighted by Crippen LogP contribution is -2.25. The number of aromatic nitrogens is 2. The van der Waals surface area contributed by atoms with Crippen LogP contribution in [0.4, 0.5) is 5.69 Å². The second-order valence-corrected chi connectivity index (χ2v) is 11.3. The topological polar surface area (TPSA) is 104 Å². The van der Waals surface area contributed by atoms with Crippen LogP contribution in [0.2, 0.25) is 5.02 Å². The summed E-state index contributed by atoms with van der Waals surface area (Å²) >= 11 is 9.37. The van der Waals surface area contributed by atoms with Crippen LogP contribution in [0.5, 0.6) is 17.2 Å². The molecule has 1 aromatic heterocycles. The Kier molecular flexibility index (Phi) is 9.44. The van der Waals surface area contributed by atoms with Gasteiger partial charge in [-0.25, -0.2) is 4.98 Å². The summed E-state index contributed by atoms with van der Waals surface area (Å²) in [5.74, 6) is 1.40. The third-order valence-electron chi connectivity index (χ3n) is 7.08. The molecule has 5 rings (SSSR count). The Labute approximate surface area is 256 Å². The molecule has 0 unspecified atom stereocenters. The maximum atomic E-state index is 13.6. The average Bonchev–Trinajstić information content (AvgIpc) is 3.01. The number of hydrogen-bond acceptors (Lipinski definition) is 7. The first-order valence-corrected chi connectivity index (χ1v) is 14.7. The Balaban J connectivity index is 1.43. The van der Waals surface area contributed by atoms with E-state index >= 15 is 0 Å². The van der Waals surface area contributed by atoms with E-state index in [1.165, 1.54) is 25.3 Å². The van der Waals surface area contributed by atoms with Crippen molar-refractivity contribution < 1.29 is 19.0 Å². The Morgan fingerprint density at radius 2 is 1.76 bits per heavy atom. The minimum Gasteiger partial charge on any atom is -0.493 e. The summed E-state index contributed by atoms with van der Waals surface area (Å²) in [6.45, 7) is -0.277. The maximum absolute atomic E-state index is 13.6. The zero-order valence-corrected chi connectivity index (χ0v) is 25.6. The van der Waals surface area contributed by atoms with Crippen molar-refractivity contribution in [2.75, 3.05) is 26.1 Å². The van der Waals surface area contributed by atoms with Gasteiger partial charge in [-0.2, -0.15) is 9.78 Å². The van der Waals surface area contributed by atoms with Crippen LogP contribution < -0.4 is 25.1 Å². The number of nitrogens with zero attached hydrogens (tertiary/aromatic N) is 3. The zero-order valence-electron chi connectivity index (χ0n) is 23.2. The highest BCUT2D eigenvalue weighted by Crippen LogP contribution is 2.38. The number of amides is 1. The predicted octanol–water partition coefficient (Wildman–Crippen LogP) is 6.78. The highest BCUT2D eigenvalue weighted by Gasteiger charge is 2.23. The minimum atomic E-state index is -0.364. The van der Waals surface area contributed by atoms with Gasteiger partial charge >= 0.3 is 0 Å². The third-order valence-corrected chi connectivity index (χ3v) is 7.83. The molecule has 1 fully saturated rings. The molecule has 9 nitrogen and oxygen atoms in total. The molecule has 0 aliphatic heterocycles. The lowest BCUT2D eigenvalue weighted by molar-refractivity contribution is -0.118. The number of anilines is 1. The molecule has 3 aromatic carbocycles. The normalized spacial score (nSPS) is 13.8. The number of hydrogen-bond donors (Lipinski definition) is 1. The summed E-state index contributed by atoms with van der Waals surface area (Å²) in [7, 11) is 2.99. The Bertz CT molecular complexity index is 1660. The second-order valence-electron chi connectivity index (χ2n) is 9.93. The number of carbonyl (C=O) groups is 1. The summed E-state index contributed by atoms with van der Waals surface area (Å²) in [5.41, 5.74) is 1.62. The fourth-order valence-electron chi connectivity index (χ4n) is 5.01. The summed E-state index contributed by atoms with van der Waals surface area (Å²) in [4.78, 5) is 31.0. The van der Waals surface area contributed by atoms with Gasteiger partial charge in [-0.1, -0.05) is 46.8 Å². The Morgan fingerprint density at radius 1 is 1.07 bits per heavy atom. The fraction of sp³-hybridized carbons (Fsp3) is 0.290. The van der Waals surface area contributed by atoms with E-state index in [0.717, 1.165) is 30.2 Å². The quantitative estimate of drug-likeness (QED) is 0.200. The number of fused-ring (bicyclic) bond motifs is 1. The van der Waals surface area contributed by atoms with Crippen LogP contribution in [0.1, 0.15) is 49.4 Å². The molecule has 1 saturated carbocycles. The molecule has 0 atom stereocenters. The van der Waals surface area contributed by atoms with Crippen LogP contribution in [0.15, 0.2) is 69.0 Å². The molecule has 0 saturated heterocycles. The molecule has 11 heteroatoms. The van der Waals surface area contributed by atoms with Gasteiger partial charge < -0.3 is 19.5 Å². The molecule has 1 heterocycles. The van der Waals surface area contributed by atoms with E-state index in [9.17, 15) is 9.59 Å². The van der Waals surface area contributed by atoms with Gasteiger partial charge in [0.2, 0.25) is 5.75 Å². The molecular weight excluding hydrogens is 624 g/mol. The molecule has 1 aliphatic carbocycles. The summed E-state index contributed by atoms with van der Waals surface area (Å²) in [6.07, 6.45) is 6.86. The molecule has 218 valence electrons. The molecule has 0 radical (unpaired) electrons. The lowest BCUT2D eigenvalue weighted by atomic mass is 9.88. The third kappa shape index (κ3) is 6.77. The van der Waals surface area contributed by atoms with Gasteiger partial charge in [-0.05, 0) is 67.4 Å². The van der Waals surface area contributed by atoms with Gasteiger partial charge in [0.05, 0.1) is 31.3 Å². The van der Waals surface area contributed by atoms with E-state index in [0.29, 0.717) is 44.5 Å². The van der Waals surface area contributed by atoms with Gasteiger partial charge in [0, 0.05) is 26.7 Å². The average molecular weight is 654 g/mol. The predicted molar refractivity (Wildman–Crippen MR) is 168 cm³/mol. The van der Waals surface area contributed by atoms with Crippen molar-refractivity contribution >= 4 is 56.2 Å². The van der Waals surface area contributed by atoms with Gasteiger partial charge in [0.15, 0.2) is 18.1 Å². The van der Waals surface area contributed by atoms with E-state index < -0.39 is 0 Å². The van der Waals surface area contributed by atoms with Crippen LogP contribution in [0, 0.1) is 0 Å². The van der Waals surface area contributed by atoms with E-state index in [4.69, 9.17) is 30.8 Å². The Morgan fingerprint density at radius 3 is 2.43 bits per heavy atom. The zero-order chi connectivity index (χ0) is 29.6. The van der Waals surface area contributed by atoms with E-state index in [2.05, 4.69) is 26.3 Å². The van der Waals surface area contributed by atoms with Crippen LogP contribution in [0.25, 0.3) is 10.9 Å². The number of ether oxygens (including phenoxy) is 3. The summed E-state index contributed by atoms with van der Waals surface area (Å²) in [5, 5.41) is 8.42. The first kappa shape index (κ1) is 29.6. The smallest absolute Gasteiger partial charge is 0.282 e. The van der Waals surface area contributed by atoms with Crippen LogP contribution in [-0.2, 0) is 4.79 Å². The highest BCUT2D eigenvalue weighted by molar-refractivity contribution is 9.10. The van der Waals surface area contributed by atoms with E-state index in [1.807, 2.05) is 12.1 Å². The highest BCUT2D eigenvalue weighted by atomic mass is 79.9. The van der Waals surface area contributed by atoms with Crippen molar-refractivity contribution in [3.8, 4) is 17.2 Å². The van der Waals surface area contributed by atoms with Crippen molar-refractivity contribution in [2.24, 2.45) is 5.10 Å².